The van der Waals surface area contributed by atoms with E-state index in [2.05, 4.69) is 15.9 Å². The molecule has 118 valence electrons. The summed E-state index contributed by atoms with van der Waals surface area (Å²) in [5.74, 6) is -0.106. The van der Waals surface area contributed by atoms with Crippen LogP contribution in [0.2, 0.25) is 0 Å². The number of thioether (sulfide) groups is 1. The van der Waals surface area contributed by atoms with E-state index in [4.69, 9.17) is 4.74 Å². The second kappa shape index (κ2) is 6.75. The monoisotopic (exact) mass is 385 g/mol. The maximum atomic E-state index is 12.4. The first-order valence-corrected chi connectivity index (χ1v) is 8.33. The van der Waals surface area contributed by atoms with Crippen LogP contribution in [0.3, 0.4) is 0 Å². The zero-order valence-corrected chi connectivity index (χ0v) is 14.8. The zero-order chi connectivity index (χ0) is 16.4. The number of imide groups is 1. The van der Waals surface area contributed by atoms with Crippen LogP contribution in [0.25, 0.3) is 6.08 Å². The summed E-state index contributed by atoms with van der Waals surface area (Å²) in [6.07, 6.45) is 2.21. The molecule has 1 atom stereocenters. The fourth-order valence-electron chi connectivity index (χ4n) is 2.04. The number of hydrogen-bond donors (Lipinski definition) is 1. The lowest BCUT2D eigenvalue weighted by Gasteiger charge is -2.19. The van der Waals surface area contributed by atoms with Crippen LogP contribution >= 0.6 is 27.7 Å². The van der Waals surface area contributed by atoms with Gasteiger partial charge in [-0.1, -0.05) is 22.9 Å². The Morgan fingerprint density at radius 1 is 1.45 bits per heavy atom. The Hall–Kier alpha value is -1.47. The van der Waals surface area contributed by atoms with Crippen LogP contribution < -0.4 is 4.74 Å². The summed E-state index contributed by atoms with van der Waals surface area (Å²) in [4.78, 5) is 25.9. The number of phenols is 1. The van der Waals surface area contributed by atoms with Gasteiger partial charge in [-0.3, -0.25) is 14.5 Å². The van der Waals surface area contributed by atoms with Crippen LogP contribution in [0.5, 0.6) is 11.5 Å². The fourth-order valence-corrected chi connectivity index (χ4v) is 3.42. The molecule has 0 bridgehead atoms. The van der Waals surface area contributed by atoms with Crippen LogP contribution in [0, 0.1) is 0 Å². The number of amides is 2. The SMILES string of the molecule is CC[C@H](C)N1C(=O)S/C(=C/c2cc(Br)cc(OC)c2O)C1=O. The number of carbonyl (C=O) groups excluding carboxylic acids is 2. The van der Waals surface area contributed by atoms with E-state index in [1.807, 2.05) is 13.8 Å². The van der Waals surface area contributed by atoms with Crippen molar-refractivity contribution >= 4 is 44.9 Å². The molecule has 1 saturated heterocycles. The highest BCUT2D eigenvalue weighted by molar-refractivity contribution is 9.10. The van der Waals surface area contributed by atoms with Gasteiger partial charge in [0.25, 0.3) is 11.1 Å². The first-order valence-electron chi connectivity index (χ1n) is 6.72. The average molecular weight is 386 g/mol. The molecule has 0 spiro atoms. The quantitative estimate of drug-likeness (QED) is 0.793. The molecule has 1 aliphatic heterocycles. The molecule has 2 rings (SSSR count). The third-order valence-corrected chi connectivity index (χ3v) is 4.77. The average Bonchev–Trinajstić information content (AvgIpc) is 2.76. The van der Waals surface area contributed by atoms with E-state index >= 15 is 0 Å². The van der Waals surface area contributed by atoms with Crippen molar-refractivity contribution in [2.75, 3.05) is 7.11 Å². The van der Waals surface area contributed by atoms with Gasteiger partial charge < -0.3 is 9.84 Å². The van der Waals surface area contributed by atoms with Gasteiger partial charge in [0.2, 0.25) is 0 Å². The topological polar surface area (TPSA) is 66.8 Å². The number of nitrogens with zero attached hydrogens (tertiary/aromatic N) is 1. The second-order valence-corrected chi connectivity index (χ2v) is 6.76. The van der Waals surface area contributed by atoms with Gasteiger partial charge in [-0.25, -0.2) is 0 Å². The molecule has 5 nitrogen and oxygen atoms in total. The highest BCUT2D eigenvalue weighted by Gasteiger charge is 2.37. The molecular formula is C15H16BrNO4S. The highest BCUT2D eigenvalue weighted by Crippen LogP contribution is 2.39. The van der Waals surface area contributed by atoms with E-state index in [0.29, 0.717) is 27.1 Å². The van der Waals surface area contributed by atoms with Crippen molar-refractivity contribution in [1.29, 1.82) is 0 Å². The van der Waals surface area contributed by atoms with Gasteiger partial charge in [-0.05, 0) is 43.3 Å². The van der Waals surface area contributed by atoms with Crippen LogP contribution in [-0.2, 0) is 4.79 Å². The van der Waals surface area contributed by atoms with Crippen LogP contribution in [0.1, 0.15) is 25.8 Å². The largest absolute Gasteiger partial charge is 0.504 e. The van der Waals surface area contributed by atoms with Crippen molar-refractivity contribution in [3.63, 3.8) is 0 Å². The number of carbonyl (C=O) groups is 2. The third kappa shape index (κ3) is 3.15. The molecule has 7 heteroatoms. The summed E-state index contributed by atoms with van der Waals surface area (Å²) in [6.45, 7) is 3.75. The number of rotatable bonds is 4. The number of ether oxygens (including phenoxy) is 1. The molecule has 2 amide bonds. The summed E-state index contributed by atoms with van der Waals surface area (Å²) in [6, 6.07) is 3.14. The van der Waals surface area contributed by atoms with Crippen LogP contribution in [0.4, 0.5) is 4.79 Å². The summed E-state index contributed by atoms with van der Waals surface area (Å²) in [7, 11) is 1.45. The van der Waals surface area contributed by atoms with Gasteiger partial charge in [0.15, 0.2) is 11.5 Å². The molecule has 0 aliphatic carbocycles. The van der Waals surface area contributed by atoms with Gasteiger partial charge in [-0.15, -0.1) is 0 Å². The van der Waals surface area contributed by atoms with Crippen molar-refractivity contribution < 1.29 is 19.4 Å². The molecule has 0 aromatic heterocycles. The van der Waals surface area contributed by atoms with E-state index in [1.165, 1.54) is 18.1 Å². The van der Waals surface area contributed by atoms with E-state index in [1.54, 1.807) is 12.1 Å². The summed E-state index contributed by atoms with van der Waals surface area (Å²) < 4.78 is 5.78. The van der Waals surface area contributed by atoms with E-state index in [-0.39, 0.29) is 22.9 Å². The predicted molar refractivity (Wildman–Crippen MR) is 89.9 cm³/mol. The van der Waals surface area contributed by atoms with E-state index in [0.717, 1.165) is 11.8 Å². The number of aromatic hydroxyl groups is 1. The van der Waals surface area contributed by atoms with Crippen molar-refractivity contribution in [1.82, 2.24) is 4.90 Å². The normalized spacial score (nSPS) is 18.2. The smallest absolute Gasteiger partial charge is 0.293 e. The first kappa shape index (κ1) is 16.9. The Bertz CT molecular complexity index is 659. The van der Waals surface area contributed by atoms with Crippen LogP contribution in [0.15, 0.2) is 21.5 Å². The maximum Gasteiger partial charge on any atom is 0.293 e. The molecule has 1 aliphatic rings. The standard InChI is InChI=1S/C15H16BrNO4S/c1-4-8(2)17-14(19)12(22-15(17)20)6-9-5-10(16)7-11(21-3)13(9)18/h5-8,18H,4H2,1-3H3/b12-6+/t8-/m0/s1. The Morgan fingerprint density at radius 2 is 2.14 bits per heavy atom. The maximum absolute atomic E-state index is 12.4. The van der Waals surface area contributed by atoms with Gasteiger partial charge in [-0.2, -0.15) is 0 Å². The number of hydrogen-bond acceptors (Lipinski definition) is 5. The van der Waals surface area contributed by atoms with Crippen molar-refractivity contribution in [3.05, 3.63) is 27.1 Å². The minimum Gasteiger partial charge on any atom is -0.504 e. The number of phenolic OH excluding ortho intramolecular Hbond substituents is 1. The molecule has 0 unspecified atom stereocenters. The Morgan fingerprint density at radius 3 is 2.73 bits per heavy atom. The zero-order valence-electron chi connectivity index (χ0n) is 12.4. The Kier molecular flexibility index (Phi) is 5.18. The first-order chi connectivity index (χ1) is 10.4. The molecule has 1 heterocycles. The Balaban J connectivity index is 2.41. The van der Waals surface area contributed by atoms with Gasteiger partial charge >= 0.3 is 0 Å². The lowest BCUT2D eigenvalue weighted by molar-refractivity contribution is -0.124. The molecule has 1 aromatic rings. The lowest BCUT2D eigenvalue weighted by atomic mass is 10.1. The van der Waals surface area contributed by atoms with Gasteiger partial charge in [0.1, 0.15) is 0 Å². The molecular weight excluding hydrogens is 370 g/mol. The Labute approximate surface area is 141 Å². The highest BCUT2D eigenvalue weighted by atomic mass is 79.9. The van der Waals surface area contributed by atoms with Gasteiger partial charge in [0.05, 0.1) is 12.0 Å². The van der Waals surface area contributed by atoms with Crippen molar-refractivity contribution in [2.45, 2.75) is 26.3 Å². The summed E-state index contributed by atoms with van der Waals surface area (Å²) in [5.41, 5.74) is 0.417. The number of benzene rings is 1. The van der Waals surface area contributed by atoms with Crippen molar-refractivity contribution in [2.24, 2.45) is 0 Å². The summed E-state index contributed by atoms with van der Waals surface area (Å²) >= 11 is 4.20. The second-order valence-electron chi connectivity index (χ2n) is 4.85. The number of methoxy groups -OCH3 is 1. The van der Waals surface area contributed by atoms with E-state index in [9.17, 15) is 14.7 Å². The molecule has 0 saturated carbocycles. The van der Waals surface area contributed by atoms with Gasteiger partial charge in [0, 0.05) is 16.1 Å². The summed E-state index contributed by atoms with van der Waals surface area (Å²) in [5, 5.41) is 9.85. The molecule has 1 fully saturated rings. The molecule has 22 heavy (non-hydrogen) atoms. The van der Waals surface area contributed by atoms with E-state index < -0.39 is 0 Å². The van der Waals surface area contributed by atoms with Crippen molar-refractivity contribution in [3.8, 4) is 11.5 Å². The predicted octanol–water partition coefficient (Wildman–Crippen LogP) is 4.00. The lowest BCUT2D eigenvalue weighted by Crippen LogP contribution is -2.36. The molecule has 1 N–H and O–H groups in total. The minimum absolute atomic E-state index is 0.0685. The fraction of sp³-hybridized carbons (Fsp3) is 0.333. The number of halogens is 1. The molecule has 1 aromatic carbocycles. The van der Waals surface area contributed by atoms with Crippen LogP contribution in [-0.4, -0.2) is 34.3 Å². The molecule has 0 radical (unpaired) electrons. The minimum atomic E-state index is -0.331. The third-order valence-electron chi connectivity index (χ3n) is 3.43.